The molecule has 1 saturated heterocycles. The summed E-state index contributed by atoms with van der Waals surface area (Å²) < 4.78 is 16.0. The molecule has 0 bridgehead atoms. The second-order valence-electron chi connectivity index (χ2n) is 5.06. The lowest BCUT2D eigenvalue weighted by Gasteiger charge is -2.33. The largest absolute Gasteiger partial charge is 0.450 e. The quantitative estimate of drug-likeness (QED) is 0.859. The normalized spacial score (nSPS) is 18.0. The van der Waals surface area contributed by atoms with Crippen LogP contribution < -0.4 is 4.74 Å². The SMILES string of the molecule is CCOc1nc(C(=O)N2CCOC(c3ccccc3Cl)C2)co1. The number of benzene rings is 1. The van der Waals surface area contributed by atoms with E-state index in [4.69, 9.17) is 25.5 Å². The van der Waals surface area contributed by atoms with Gasteiger partial charge in [0.2, 0.25) is 0 Å². The summed E-state index contributed by atoms with van der Waals surface area (Å²) >= 11 is 6.21. The van der Waals surface area contributed by atoms with E-state index in [1.54, 1.807) is 4.90 Å². The molecule has 1 aliphatic rings. The Kier molecular flexibility index (Phi) is 4.83. The number of hydrogen-bond acceptors (Lipinski definition) is 5. The molecule has 23 heavy (non-hydrogen) atoms. The fourth-order valence-electron chi connectivity index (χ4n) is 2.47. The molecule has 0 aliphatic carbocycles. The van der Waals surface area contributed by atoms with Crippen molar-refractivity contribution in [2.75, 3.05) is 26.3 Å². The number of morpholine rings is 1. The Morgan fingerprint density at radius 1 is 1.48 bits per heavy atom. The van der Waals surface area contributed by atoms with Gasteiger partial charge >= 0.3 is 6.08 Å². The minimum Gasteiger partial charge on any atom is -0.450 e. The van der Waals surface area contributed by atoms with Gasteiger partial charge in [-0.1, -0.05) is 29.8 Å². The summed E-state index contributed by atoms with van der Waals surface area (Å²) in [5.41, 5.74) is 1.11. The molecule has 6 nitrogen and oxygen atoms in total. The predicted octanol–water partition coefficient (Wildman–Crippen LogP) is 2.94. The number of nitrogens with zero attached hydrogens (tertiary/aromatic N) is 2. The molecule has 1 aromatic heterocycles. The molecule has 7 heteroatoms. The monoisotopic (exact) mass is 336 g/mol. The highest BCUT2D eigenvalue weighted by atomic mass is 35.5. The Balaban J connectivity index is 1.72. The molecular formula is C16H17ClN2O4. The van der Waals surface area contributed by atoms with Crippen LogP contribution >= 0.6 is 11.6 Å². The number of amides is 1. The van der Waals surface area contributed by atoms with E-state index in [1.165, 1.54) is 6.26 Å². The summed E-state index contributed by atoms with van der Waals surface area (Å²) in [6.45, 7) is 3.61. The van der Waals surface area contributed by atoms with E-state index in [0.29, 0.717) is 31.3 Å². The topological polar surface area (TPSA) is 64.8 Å². The van der Waals surface area contributed by atoms with Crippen LogP contribution in [0.4, 0.5) is 0 Å². The number of rotatable bonds is 4. The van der Waals surface area contributed by atoms with Gasteiger partial charge in [-0.2, -0.15) is 4.98 Å². The van der Waals surface area contributed by atoms with E-state index < -0.39 is 0 Å². The first-order valence-electron chi connectivity index (χ1n) is 7.42. The van der Waals surface area contributed by atoms with Crippen molar-refractivity contribution < 1.29 is 18.7 Å². The van der Waals surface area contributed by atoms with Crippen LogP contribution in [-0.2, 0) is 4.74 Å². The summed E-state index contributed by atoms with van der Waals surface area (Å²) in [6.07, 6.45) is 1.17. The van der Waals surface area contributed by atoms with E-state index in [1.807, 2.05) is 31.2 Å². The fourth-order valence-corrected chi connectivity index (χ4v) is 2.72. The maximum atomic E-state index is 12.5. The van der Waals surface area contributed by atoms with E-state index in [9.17, 15) is 4.79 Å². The van der Waals surface area contributed by atoms with Gasteiger partial charge in [0.15, 0.2) is 5.69 Å². The maximum absolute atomic E-state index is 12.5. The van der Waals surface area contributed by atoms with Crippen LogP contribution in [0.2, 0.25) is 5.02 Å². The van der Waals surface area contributed by atoms with Crippen LogP contribution in [0.15, 0.2) is 34.9 Å². The molecule has 0 radical (unpaired) electrons. The smallest absolute Gasteiger partial charge is 0.394 e. The molecule has 1 unspecified atom stereocenters. The van der Waals surface area contributed by atoms with Gasteiger partial charge in [-0.05, 0) is 13.0 Å². The number of aromatic nitrogens is 1. The summed E-state index contributed by atoms with van der Waals surface area (Å²) in [4.78, 5) is 18.3. The molecule has 0 saturated carbocycles. The average Bonchev–Trinajstić information content (AvgIpc) is 3.04. The molecule has 1 amide bonds. The Hall–Kier alpha value is -2.05. The number of carbonyl (C=O) groups is 1. The van der Waals surface area contributed by atoms with Gasteiger partial charge in [0.1, 0.15) is 12.4 Å². The highest BCUT2D eigenvalue weighted by molar-refractivity contribution is 6.31. The molecular weight excluding hydrogens is 320 g/mol. The van der Waals surface area contributed by atoms with Gasteiger partial charge in [0.25, 0.3) is 5.91 Å². The molecule has 0 spiro atoms. The third-order valence-corrected chi connectivity index (χ3v) is 3.92. The van der Waals surface area contributed by atoms with Crippen LogP contribution in [0.1, 0.15) is 29.1 Å². The number of ether oxygens (including phenoxy) is 2. The second-order valence-corrected chi connectivity index (χ2v) is 5.47. The second kappa shape index (κ2) is 7.02. The Morgan fingerprint density at radius 2 is 2.30 bits per heavy atom. The Morgan fingerprint density at radius 3 is 3.09 bits per heavy atom. The van der Waals surface area contributed by atoms with Crippen molar-refractivity contribution in [2.45, 2.75) is 13.0 Å². The lowest BCUT2D eigenvalue weighted by Crippen LogP contribution is -2.42. The first-order valence-corrected chi connectivity index (χ1v) is 7.80. The standard InChI is InChI=1S/C16H17ClN2O4/c1-2-21-16-18-13(10-23-16)15(20)19-7-8-22-14(9-19)11-5-3-4-6-12(11)17/h3-6,10,14H,2,7-9H2,1H3. The van der Waals surface area contributed by atoms with Crippen molar-refractivity contribution in [3.63, 3.8) is 0 Å². The van der Waals surface area contributed by atoms with Gasteiger partial charge in [-0.3, -0.25) is 4.79 Å². The lowest BCUT2D eigenvalue weighted by atomic mass is 10.1. The number of oxazole rings is 1. The van der Waals surface area contributed by atoms with Crippen LogP contribution in [0.3, 0.4) is 0 Å². The van der Waals surface area contributed by atoms with Crippen LogP contribution in [-0.4, -0.2) is 42.1 Å². The molecule has 1 aliphatic heterocycles. The van der Waals surface area contributed by atoms with Gasteiger partial charge in [0, 0.05) is 17.1 Å². The Bertz CT molecular complexity index is 688. The summed E-state index contributed by atoms with van der Waals surface area (Å²) in [6, 6.07) is 7.48. The van der Waals surface area contributed by atoms with Crippen molar-refractivity contribution in [3.05, 3.63) is 46.8 Å². The fraction of sp³-hybridized carbons (Fsp3) is 0.375. The highest BCUT2D eigenvalue weighted by Gasteiger charge is 2.28. The van der Waals surface area contributed by atoms with Gasteiger partial charge in [-0.25, -0.2) is 0 Å². The van der Waals surface area contributed by atoms with Crippen molar-refractivity contribution in [1.29, 1.82) is 0 Å². The molecule has 1 atom stereocenters. The van der Waals surface area contributed by atoms with Crippen molar-refractivity contribution in [1.82, 2.24) is 9.88 Å². The first-order chi connectivity index (χ1) is 11.2. The predicted molar refractivity (Wildman–Crippen MR) is 83.7 cm³/mol. The van der Waals surface area contributed by atoms with Crippen molar-refractivity contribution >= 4 is 17.5 Å². The number of hydrogen-bond donors (Lipinski definition) is 0. The minimum absolute atomic E-state index is 0.103. The van der Waals surface area contributed by atoms with E-state index in [-0.39, 0.29) is 23.8 Å². The summed E-state index contributed by atoms with van der Waals surface area (Å²) in [7, 11) is 0. The lowest BCUT2D eigenvalue weighted by molar-refractivity contribution is -0.0229. The van der Waals surface area contributed by atoms with Gasteiger partial charge in [-0.15, -0.1) is 0 Å². The molecule has 3 rings (SSSR count). The van der Waals surface area contributed by atoms with Crippen molar-refractivity contribution in [3.8, 4) is 6.08 Å². The van der Waals surface area contributed by atoms with E-state index in [2.05, 4.69) is 4.98 Å². The maximum Gasteiger partial charge on any atom is 0.394 e. The Labute approximate surface area is 139 Å². The zero-order chi connectivity index (χ0) is 16.2. The summed E-state index contributed by atoms with van der Waals surface area (Å²) in [5.74, 6) is -0.208. The summed E-state index contributed by atoms with van der Waals surface area (Å²) in [5, 5.41) is 0.631. The number of carbonyl (C=O) groups excluding carboxylic acids is 1. The first kappa shape index (κ1) is 15.8. The van der Waals surface area contributed by atoms with E-state index in [0.717, 1.165) is 5.56 Å². The minimum atomic E-state index is -0.250. The van der Waals surface area contributed by atoms with Crippen LogP contribution in [0.25, 0.3) is 0 Å². The van der Waals surface area contributed by atoms with Gasteiger partial charge < -0.3 is 18.8 Å². The van der Waals surface area contributed by atoms with Gasteiger partial charge in [0.05, 0.1) is 19.8 Å². The average molecular weight is 337 g/mol. The molecule has 0 N–H and O–H groups in total. The van der Waals surface area contributed by atoms with E-state index >= 15 is 0 Å². The molecule has 2 aromatic rings. The molecule has 1 aromatic carbocycles. The molecule has 122 valence electrons. The van der Waals surface area contributed by atoms with Crippen molar-refractivity contribution in [2.24, 2.45) is 0 Å². The van der Waals surface area contributed by atoms with Crippen LogP contribution in [0.5, 0.6) is 6.08 Å². The molecule has 1 fully saturated rings. The number of halogens is 1. The zero-order valence-corrected chi connectivity index (χ0v) is 13.5. The van der Waals surface area contributed by atoms with Crippen LogP contribution in [0, 0.1) is 0 Å². The molecule has 2 heterocycles. The third kappa shape index (κ3) is 3.48. The highest BCUT2D eigenvalue weighted by Crippen LogP contribution is 2.28. The zero-order valence-electron chi connectivity index (χ0n) is 12.7. The third-order valence-electron chi connectivity index (χ3n) is 3.58.